The van der Waals surface area contributed by atoms with Crippen LogP contribution in [0.1, 0.15) is 44.6 Å². The Labute approximate surface area is 109 Å². The maximum Gasteiger partial charge on any atom is 0.0992 e. The molecule has 0 amide bonds. The summed E-state index contributed by atoms with van der Waals surface area (Å²) in [6.45, 7) is 2.33. The first-order valence-corrected chi connectivity index (χ1v) is 6.75. The largest absolute Gasteiger partial charge is 0.397 e. The van der Waals surface area contributed by atoms with Gasteiger partial charge in [-0.1, -0.05) is 19.8 Å². The highest BCUT2D eigenvalue weighted by atomic mass is 14.9. The van der Waals surface area contributed by atoms with Crippen LogP contribution in [0.4, 0.5) is 11.4 Å². The molecule has 0 saturated heterocycles. The van der Waals surface area contributed by atoms with Crippen LogP contribution in [0.25, 0.3) is 0 Å². The van der Waals surface area contributed by atoms with Crippen LogP contribution in [0.2, 0.25) is 0 Å². The number of nitriles is 1. The number of hydrogen-bond acceptors (Lipinski definition) is 3. The van der Waals surface area contributed by atoms with Gasteiger partial charge in [-0.3, -0.25) is 0 Å². The van der Waals surface area contributed by atoms with E-state index in [1.807, 2.05) is 6.07 Å². The molecule has 0 heterocycles. The molecule has 0 radical (unpaired) electrons. The smallest absolute Gasteiger partial charge is 0.0992 e. The summed E-state index contributed by atoms with van der Waals surface area (Å²) >= 11 is 0. The Hall–Kier alpha value is -1.69. The molecule has 2 atom stereocenters. The molecule has 96 valence electrons. The second kappa shape index (κ2) is 5.77. The van der Waals surface area contributed by atoms with Crippen LogP contribution >= 0.6 is 0 Å². The molecule has 1 aliphatic rings. The van der Waals surface area contributed by atoms with Crippen LogP contribution in [0.15, 0.2) is 18.2 Å². The first-order chi connectivity index (χ1) is 8.69. The molecule has 3 heteroatoms. The number of nitrogens with one attached hydrogen (secondary N) is 1. The molecule has 2 rings (SSSR count). The van der Waals surface area contributed by atoms with E-state index in [2.05, 4.69) is 18.3 Å². The molecule has 1 aliphatic carbocycles. The van der Waals surface area contributed by atoms with E-state index in [1.165, 1.54) is 32.1 Å². The van der Waals surface area contributed by atoms with Crippen LogP contribution in [0.5, 0.6) is 0 Å². The highest BCUT2D eigenvalue weighted by Gasteiger charge is 2.16. The molecule has 1 aromatic carbocycles. The molecular weight excluding hydrogens is 222 g/mol. The third kappa shape index (κ3) is 3.16. The lowest BCUT2D eigenvalue weighted by molar-refractivity contribution is 0.502. The quantitative estimate of drug-likeness (QED) is 0.617. The van der Waals surface area contributed by atoms with Crippen molar-refractivity contribution in [3.05, 3.63) is 23.8 Å². The number of hydrogen-bond donors (Lipinski definition) is 2. The highest BCUT2D eigenvalue weighted by Crippen LogP contribution is 2.27. The summed E-state index contributed by atoms with van der Waals surface area (Å²) in [7, 11) is 0. The lowest BCUT2D eigenvalue weighted by atomic mass is 10.0. The van der Waals surface area contributed by atoms with Gasteiger partial charge in [-0.15, -0.1) is 0 Å². The van der Waals surface area contributed by atoms with Crippen LogP contribution in [0.3, 0.4) is 0 Å². The summed E-state index contributed by atoms with van der Waals surface area (Å²) in [6.07, 6.45) is 6.26. The molecule has 0 bridgehead atoms. The fraction of sp³-hybridized carbons (Fsp3) is 0.533. The van der Waals surface area contributed by atoms with Gasteiger partial charge in [0, 0.05) is 6.04 Å². The van der Waals surface area contributed by atoms with Crippen molar-refractivity contribution in [2.24, 2.45) is 5.92 Å². The van der Waals surface area contributed by atoms with Gasteiger partial charge in [0.25, 0.3) is 0 Å². The van der Waals surface area contributed by atoms with E-state index >= 15 is 0 Å². The monoisotopic (exact) mass is 243 g/mol. The second-order valence-electron chi connectivity index (χ2n) is 5.37. The van der Waals surface area contributed by atoms with Gasteiger partial charge in [0.1, 0.15) is 0 Å². The fourth-order valence-corrected chi connectivity index (χ4v) is 2.60. The summed E-state index contributed by atoms with van der Waals surface area (Å²) in [5.41, 5.74) is 8.26. The molecule has 3 nitrogen and oxygen atoms in total. The molecule has 2 unspecified atom stereocenters. The minimum atomic E-state index is 0.492. The minimum absolute atomic E-state index is 0.492. The van der Waals surface area contributed by atoms with Crippen molar-refractivity contribution in [1.82, 2.24) is 0 Å². The average Bonchev–Trinajstić information content (AvgIpc) is 2.57. The molecule has 3 N–H and O–H groups in total. The van der Waals surface area contributed by atoms with Crippen molar-refractivity contribution in [3.8, 4) is 6.07 Å². The van der Waals surface area contributed by atoms with Gasteiger partial charge >= 0.3 is 0 Å². The number of nitrogens with zero attached hydrogens (tertiary/aromatic N) is 1. The number of anilines is 2. The Kier molecular flexibility index (Phi) is 4.09. The molecule has 0 aliphatic heterocycles. The maximum absolute atomic E-state index is 8.92. The lowest BCUT2D eigenvalue weighted by Gasteiger charge is -2.19. The highest BCUT2D eigenvalue weighted by molar-refractivity contribution is 5.68. The van der Waals surface area contributed by atoms with Crippen molar-refractivity contribution in [2.45, 2.75) is 45.1 Å². The van der Waals surface area contributed by atoms with E-state index < -0.39 is 0 Å². The zero-order chi connectivity index (χ0) is 13.0. The SMILES string of the molecule is CC1CCCC(Nc2cc(C#N)ccc2N)CC1. The van der Waals surface area contributed by atoms with Gasteiger partial charge in [0.2, 0.25) is 0 Å². The van der Waals surface area contributed by atoms with E-state index in [9.17, 15) is 0 Å². The third-order valence-corrected chi connectivity index (χ3v) is 3.80. The zero-order valence-electron chi connectivity index (χ0n) is 10.9. The topological polar surface area (TPSA) is 61.8 Å². The molecule has 0 spiro atoms. The predicted molar refractivity (Wildman–Crippen MR) is 75.2 cm³/mol. The zero-order valence-corrected chi connectivity index (χ0v) is 10.9. The van der Waals surface area contributed by atoms with Gasteiger partial charge in [-0.2, -0.15) is 5.26 Å². The minimum Gasteiger partial charge on any atom is -0.397 e. The fourth-order valence-electron chi connectivity index (χ4n) is 2.60. The lowest BCUT2D eigenvalue weighted by Crippen LogP contribution is -2.19. The Morgan fingerprint density at radius 2 is 2.11 bits per heavy atom. The summed E-state index contributed by atoms with van der Waals surface area (Å²) in [5.74, 6) is 0.833. The van der Waals surface area contributed by atoms with Gasteiger partial charge in [-0.25, -0.2) is 0 Å². The Bertz CT molecular complexity index is 448. The van der Waals surface area contributed by atoms with Crippen molar-refractivity contribution in [1.29, 1.82) is 5.26 Å². The van der Waals surface area contributed by atoms with E-state index in [-0.39, 0.29) is 0 Å². The van der Waals surface area contributed by atoms with Crippen LogP contribution < -0.4 is 11.1 Å². The molecule has 1 saturated carbocycles. The number of benzene rings is 1. The molecule has 1 fully saturated rings. The van der Waals surface area contributed by atoms with E-state index in [4.69, 9.17) is 11.0 Å². The summed E-state index contributed by atoms with van der Waals surface area (Å²) < 4.78 is 0. The third-order valence-electron chi connectivity index (χ3n) is 3.80. The van der Waals surface area contributed by atoms with Crippen LogP contribution in [-0.4, -0.2) is 6.04 Å². The summed E-state index contributed by atoms with van der Waals surface area (Å²) in [4.78, 5) is 0. The molecular formula is C15H21N3. The average molecular weight is 243 g/mol. The van der Waals surface area contributed by atoms with Crippen molar-refractivity contribution >= 4 is 11.4 Å². The van der Waals surface area contributed by atoms with E-state index in [1.54, 1.807) is 12.1 Å². The number of rotatable bonds is 2. The Balaban J connectivity index is 2.06. The molecule has 18 heavy (non-hydrogen) atoms. The van der Waals surface area contributed by atoms with Crippen LogP contribution in [-0.2, 0) is 0 Å². The van der Waals surface area contributed by atoms with Gasteiger partial charge < -0.3 is 11.1 Å². The second-order valence-corrected chi connectivity index (χ2v) is 5.37. The van der Waals surface area contributed by atoms with Gasteiger partial charge in [0.05, 0.1) is 23.0 Å². The van der Waals surface area contributed by atoms with Crippen LogP contribution in [0, 0.1) is 17.2 Å². The Morgan fingerprint density at radius 3 is 2.89 bits per heavy atom. The number of nitrogen functional groups attached to an aromatic ring is 1. The summed E-state index contributed by atoms with van der Waals surface area (Å²) in [6, 6.07) is 8.06. The molecule has 0 aromatic heterocycles. The van der Waals surface area contributed by atoms with Crippen molar-refractivity contribution in [3.63, 3.8) is 0 Å². The Morgan fingerprint density at radius 1 is 1.28 bits per heavy atom. The van der Waals surface area contributed by atoms with Crippen molar-refractivity contribution < 1.29 is 0 Å². The predicted octanol–water partition coefficient (Wildman–Crippen LogP) is 3.52. The molecule has 1 aromatic rings. The van der Waals surface area contributed by atoms with Gasteiger partial charge in [-0.05, 0) is 43.4 Å². The van der Waals surface area contributed by atoms with E-state index in [0.717, 1.165) is 17.3 Å². The maximum atomic E-state index is 8.92. The first kappa shape index (κ1) is 12.8. The normalized spacial score (nSPS) is 24.0. The standard InChI is InChI=1S/C15H21N3/c1-11-3-2-4-13(7-5-11)18-15-9-12(10-16)6-8-14(15)17/h6,8-9,11,13,18H,2-5,7,17H2,1H3. The van der Waals surface area contributed by atoms with E-state index in [0.29, 0.717) is 11.6 Å². The first-order valence-electron chi connectivity index (χ1n) is 6.75. The van der Waals surface area contributed by atoms with Crippen molar-refractivity contribution in [2.75, 3.05) is 11.1 Å². The number of nitrogens with two attached hydrogens (primary N) is 1. The van der Waals surface area contributed by atoms with Gasteiger partial charge in [0.15, 0.2) is 0 Å². The summed E-state index contributed by atoms with van der Waals surface area (Å²) in [5, 5.41) is 12.4.